The minimum absolute atomic E-state index is 0.0589. The van der Waals surface area contributed by atoms with Crippen LogP contribution >= 0.6 is 11.3 Å². The van der Waals surface area contributed by atoms with Gasteiger partial charge < -0.3 is 37.2 Å². The first-order valence-corrected chi connectivity index (χ1v) is 17.9. The summed E-state index contributed by atoms with van der Waals surface area (Å²) >= 11 is 0.966. The monoisotopic (exact) mass is 736 g/mol. The number of benzene rings is 1. The highest BCUT2D eigenvalue weighted by Crippen LogP contribution is 2.36. The lowest BCUT2D eigenvalue weighted by Crippen LogP contribution is -2.76. The highest BCUT2D eigenvalue weighted by molar-refractivity contribution is 7.80. The van der Waals surface area contributed by atoms with E-state index in [2.05, 4.69) is 26.7 Å². The average molecular weight is 737 g/mol. The van der Waals surface area contributed by atoms with E-state index in [0.29, 0.717) is 28.6 Å². The van der Waals surface area contributed by atoms with Gasteiger partial charge in [0.15, 0.2) is 16.9 Å². The quantitative estimate of drug-likeness (QED) is 0.0614. The number of fused-ring (bicyclic) bond motifs is 1. The minimum atomic E-state index is -5.03. The number of carboxylic acid groups (broad SMARTS) is 1. The maximum Gasteiger partial charge on any atom is 0.418 e. The third-order valence-corrected chi connectivity index (χ3v) is 10.3. The van der Waals surface area contributed by atoms with Gasteiger partial charge in [-0.25, -0.2) is 9.78 Å². The SMILES string of the molecule is CC1(N=C(N)c2ccc3c(c2)CCC(C(C)(ON=C(C(=O)NC2C(=O)N(OS(=O)(=O)O)C2(C)C)c2csc(N)n2)C(=O)O)O3)CCC(N)CC1. The molecule has 9 N–H and O–H groups in total. The van der Waals surface area contributed by atoms with Crippen LogP contribution in [0.3, 0.4) is 0 Å². The molecule has 20 heteroatoms. The van der Waals surface area contributed by atoms with Gasteiger partial charge in [0.25, 0.3) is 17.4 Å². The molecular formula is C30H40N8O10S2. The smallest absolute Gasteiger partial charge is 0.418 e. The summed E-state index contributed by atoms with van der Waals surface area (Å²) in [5.41, 5.74) is 15.3. The molecule has 1 aliphatic carbocycles. The van der Waals surface area contributed by atoms with E-state index in [-0.39, 0.29) is 28.8 Å². The van der Waals surface area contributed by atoms with Gasteiger partial charge in [0.2, 0.25) is 0 Å². The van der Waals surface area contributed by atoms with Crippen LogP contribution in [0.2, 0.25) is 0 Å². The molecule has 272 valence electrons. The number of hydroxylamine groups is 2. The van der Waals surface area contributed by atoms with Crippen molar-refractivity contribution in [1.82, 2.24) is 15.4 Å². The predicted molar refractivity (Wildman–Crippen MR) is 180 cm³/mol. The van der Waals surface area contributed by atoms with Crippen molar-refractivity contribution in [3.8, 4) is 5.75 Å². The molecule has 2 amide bonds. The zero-order valence-corrected chi connectivity index (χ0v) is 29.4. The van der Waals surface area contributed by atoms with Crippen LogP contribution in [0.5, 0.6) is 5.75 Å². The number of thiazole rings is 1. The Hall–Kier alpha value is -4.37. The first kappa shape index (κ1) is 36.9. The largest absolute Gasteiger partial charge is 0.485 e. The van der Waals surface area contributed by atoms with E-state index in [1.165, 1.54) is 26.2 Å². The maximum atomic E-state index is 13.5. The maximum absolute atomic E-state index is 13.5. The number of anilines is 1. The number of aliphatic imine (C=N–C) groups is 1. The van der Waals surface area contributed by atoms with Gasteiger partial charge >= 0.3 is 16.4 Å². The van der Waals surface area contributed by atoms with Gasteiger partial charge in [-0.15, -0.1) is 15.6 Å². The molecule has 50 heavy (non-hydrogen) atoms. The fourth-order valence-electron chi connectivity index (χ4n) is 6.06. The number of carbonyl (C=O) groups is 3. The lowest BCUT2D eigenvalue weighted by molar-refractivity contribution is -0.218. The Balaban J connectivity index is 1.35. The lowest BCUT2D eigenvalue weighted by atomic mass is 9.81. The zero-order chi connectivity index (χ0) is 36.8. The Bertz CT molecular complexity index is 1850. The third-order valence-electron chi connectivity index (χ3n) is 9.27. The number of hydrogen-bond acceptors (Lipinski definition) is 14. The van der Waals surface area contributed by atoms with Crippen molar-refractivity contribution in [2.75, 3.05) is 5.73 Å². The number of nitrogens with zero attached hydrogens (tertiary/aromatic N) is 4. The zero-order valence-electron chi connectivity index (χ0n) is 27.8. The van der Waals surface area contributed by atoms with Gasteiger partial charge in [0.05, 0.1) is 11.1 Å². The number of aromatic nitrogens is 1. The number of ether oxygens (including phenoxy) is 1. The van der Waals surface area contributed by atoms with Crippen LogP contribution in [-0.4, -0.2) is 92.3 Å². The van der Waals surface area contributed by atoms with Gasteiger partial charge in [0.1, 0.15) is 23.3 Å². The van der Waals surface area contributed by atoms with Crippen molar-refractivity contribution in [3.63, 3.8) is 0 Å². The van der Waals surface area contributed by atoms with Crippen LogP contribution in [-0.2, 0) is 40.3 Å². The van der Waals surface area contributed by atoms with Crippen molar-refractivity contribution in [2.24, 2.45) is 21.6 Å². The molecular weight excluding hydrogens is 697 g/mol. The number of carboxylic acids is 1. The van der Waals surface area contributed by atoms with Gasteiger partial charge in [-0.2, -0.15) is 13.5 Å². The van der Waals surface area contributed by atoms with Crippen molar-refractivity contribution in [3.05, 3.63) is 40.4 Å². The molecule has 1 aromatic carbocycles. The Labute approximate surface area is 291 Å². The number of oxime groups is 1. The molecule has 18 nitrogen and oxygen atoms in total. The summed E-state index contributed by atoms with van der Waals surface area (Å²) in [6.07, 6.45) is 2.94. The summed E-state index contributed by atoms with van der Waals surface area (Å²) in [6, 6.07) is 4.13. The first-order chi connectivity index (χ1) is 23.2. The summed E-state index contributed by atoms with van der Waals surface area (Å²) in [7, 11) is -5.03. The Morgan fingerprint density at radius 3 is 2.48 bits per heavy atom. The molecule has 3 heterocycles. The highest BCUT2D eigenvalue weighted by atomic mass is 32.3. The second kappa shape index (κ2) is 13.4. The van der Waals surface area contributed by atoms with E-state index in [4.69, 9.17) is 36.3 Å². The van der Waals surface area contributed by atoms with Crippen LogP contribution in [0.1, 0.15) is 76.6 Å². The molecule has 1 saturated carbocycles. The van der Waals surface area contributed by atoms with Crippen molar-refractivity contribution in [2.45, 2.75) is 101 Å². The Morgan fingerprint density at radius 2 is 1.90 bits per heavy atom. The Morgan fingerprint density at radius 1 is 1.22 bits per heavy atom. The molecule has 2 aromatic rings. The van der Waals surface area contributed by atoms with Gasteiger partial charge in [-0.1, -0.05) is 5.16 Å². The van der Waals surface area contributed by atoms with Crippen LogP contribution < -0.4 is 27.3 Å². The minimum Gasteiger partial charge on any atom is -0.485 e. The van der Waals surface area contributed by atoms with E-state index >= 15 is 0 Å². The van der Waals surface area contributed by atoms with Crippen molar-refractivity contribution < 1.29 is 46.3 Å². The molecule has 1 saturated heterocycles. The van der Waals surface area contributed by atoms with Crippen LogP contribution in [0.15, 0.2) is 33.7 Å². The molecule has 0 spiro atoms. The normalized spacial score (nSPS) is 26.6. The molecule has 2 fully saturated rings. The average Bonchev–Trinajstić information content (AvgIpc) is 3.48. The summed E-state index contributed by atoms with van der Waals surface area (Å²) in [5, 5.41) is 18.4. The number of nitrogens with two attached hydrogens (primary N) is 3. The first-order valence-electron chi connectivity index (χ1n) is 15.7. The number of β-lactam (4-membered cyclic amide) rings is 1. The summed E-state index contributed by atoms with van der Waals surface area (Å²) in [4.78, 5) is 53.2. The number of carbonyl (C=O) groups excluding carboxylic acids is 2. The fraction of sp³-hybridized carbons (Fsp3) is 0.533. The molecule has 0 radical (unpaired) electrons. The van der Waals surface area contributed by atoms with Crippen LogP contribution in [0.4, 0.5) is 5.13 Å². The van der Waals surface area contributed by atoms with Crippen molar-refractivity contribution in [1.29, 1.82) is 0 Å². The number of nitrogens with one attached hydrogen (secondary N) is 1. The second-order valence-electron chi connectivity index (χ2n) is 13.5. The number of rotatable bonds is 11. The summed E-state index contributed by atoms with van der Waals surface area (Å²) in [5.74, 6) is -2.64. The molecule has 3 unspecified atom stereocenters. The molecule has 3 atom stereocenters. The molecule has 5 rings (SSSR count). The fourth-order valence-corrected chi connectivity index (χ4v) is 7.06. The number of nitrogen functional groups attached to an aromatic ring is 1. The van der Waals surface area contributed by atoms with E-state index in [1.54, 1.807) is 12.1 Å². The number of amides is 2. The predicted octanol–water partition coefficient (Wildman–Crippen LogP) is 0.888. The summed E-state index contributed by atoms with van der Waals surface area (Å²) < 4.78 is 41.8. The van der Waals surface area contributed by atoms with E-state index in [0.717, 1.165) is 42.6 Å². The number of hydrogen-bond donors (Lipinski definition) is 6. The molecule has 0 bridgehead atoms. The highest BCUT2D eigenvalue weighted by Gasteiger charge is 2.58. The summed E-state index contributed by atoms with van der Waals surface area (Å²) in [6.45, 7) is 6.05. The van der Waals surface area contributed by atoms with Gasteiger partial charge in [-0.3, -0.25) is 19.1 Å². The topological polar surface area (TPSA) is 284 Å². The van der Waals surface area contributed by atoms with Crippen LogP contribution in [0, 0.1) is 0 Å². The van der Waals surface area contributed by atoms with Crippen LogP contribution in [0.25, 0.3) is 0 Å². The number of aryl methyl sites for hydroxylation is 1. The van der Waals surface area contributed by atoms with E-state index in [9.17, 15) is 27.9 Å². The number of aliphatic carboxylic acids is 1. The van der Waals surface area contributed by atoms with Crippen molar-refractivity contribution >= 4 is 56.2 Å². The molecule has 3 aliphatic rings. The lowest BCUT2D eigenvalue weighted by Gasteiger charge is -2.50. The molecule has 2 aliphatic heterocycles. The Kier molecular flexibility index (Phi) is 9.89. The molecule has 1 aromatic heterocycles. The standard InChI is InChI=1S/C30H40N8O10S2/c1-28(2)22(25(40)38(28)48-50(43,44)45)35-24(39)21(18-14-49-27(33)34-18)37-47-30(4,26(41)42)20-8-6-15-13-16(5-7-19(15)46-20)23(32)36-29(3)11-9-17(31)10-12-29/h5,7,13-14,17,20,22H,6,8-12,31H2,1-4H3,(H2,32,36)(H2,33,34)(H,35,39)(H,41,42)(H,43,44,45). The van der Waals surface area contributed by atoms with E-state index in [1.807, 2.05) is 6.07 Å². The van der Waals surface area contributed by atoms with Gasteiger partial charge in [-0.05, 0) is 90.0 Å². The second-order valence-corrected chi connectivity index (χ2v) is 15.4. The third kappa shape index (κ3) is 7.53. The number of amidine groups is 1. The van der Waals surface area contributed by atoms with Gasteiger partial charge in [0, 0.05) is 17.0 Å². The van der Waals surface area contributed by atoms with E-state index < -0.39 is 57.2 Å².